The molecule has 18 heavy (non-hydrogen) atoms. The molecule has 0 bridgehead atoms. The number of ether oxygens (including phenoxy) is 2. The Kier molecular flexibility index (Phi) is 2.30. The summed E-state index contributed by atoms with van der Waals surface area (Å²) in [7, 11) is 0. The first-order valence-electron chi connectivity index (χ1n) is 6.15. The Balaban J connectivity index is 2.14. The van der Waals surface area contributed by atoms with Crippen LogP contribution in [0.5, 0.6) is 11.5 Å². The molecule has 1 heterocycles. The fourth-order valence-electron chi connectivity index (χ4n) is 2.86. The van der Waals surface area contributed by atoms with E-state index in [1.165, 1.54) is 0 Å². The summed E-state index contributed by atoms with van der Waals surface area (Å²) >= 11 is 0. The van der Waals surface area contributed by atoms with Crippen LogP contribution in [0, 0.1) is 13.8 Å². The van der Waals surface area contributed by atoms with Crippen molar-refractivity contribution in [3.05, 3.63) is 22.8 Å². The molecule has 4 nitrogen and oxygen atoms in total. The molecule has 96 valence electrons. The zero-order chi connectivity index (χ0) is 12.9. The van der Waals surface area contributed by atoms with Crippen molar-refractivity contribution in [2.75, 3.05) is 6.79 Å². The van der Waals surface area contributed by atoms with Crippen molar-refractivity contribution >= 4 is 5.97 Å². The lowest BCUT2D eigenvalue weighted by Crippen LogP contribution is -2.15. The highest BCUT2D eigenvalue weighted by molar-refractivity contribution is 5.72. The van der Waals surface area contributed by atoms with Crippen molar-refractivity contribution in [3.63, 3.8) is 0 Å². The predicted octanol–water partition coefficient (Wildman–Crippen LogP) is 2.54. The summed E-state index contributed by atoms with van der Waals surface area (Å²) in [4.78, 5) is 11.1. The molecule has 1 aromatic rings. The lowest BCUT2D eigenvalue weighted by Gasteiger charge is -2.20. The minimum Gasteiger partial charge on any atom is -0.481 e. The standard InChI is InChI=1S/C14H16O4/c1-8-5-10-13(18-7-17-10)12(9(8)2)14(3-4-14)6-11(15)16/h5H,3-4,6-7H2,1-2H3,(H,15,16). The maximum Gasteiger partial charge on any atom is 0.304 e. The van der Waals surface area contributed by atoms with Gasteiger partial charge in [-0.2, -0.15) is 0 Å². The van der Waals surface area contributed by atoms with Crippen LogP contribution in [0.15, 0.2) is 6.07 Å². The smallest absolute Gasteiger partial charge is 0.304 e. The molecule has 1 aliphatic carbocycles. The van der Waals surface area contributed by atoms with E-state index in [2.05, 4.69) is 0 Å². The number of carboxylic acids is 1. The van der Waals surface area contributed by atoms with Crippen LogP contribution in [0.2, 0.25) is 0 Å². The number of rotatable bonds is 3. The maximum absolute atomic E-state index is 11.1. The summed E-state index contributed by atoms with van der Waals surface area (Å²) < 4.78 is 11.0. The van der Waals surface area contributed by atoms with Crippen molar-refractivity contribution in [3.8, 4) is 11.5 Å². The zero-order valence-corrected chi connectivity index (χ0v) is 10.6. The highest BCUT2D eigenvalue weighted by Crippen LogP contribution is 2.58. The number of hydrogen-bond acceptors (Lipinski definition) is 3. The molecule has 4 heteroatoms. The van der Waals surface area contributed by atoms with Crippen molar-refractivity contribution in [2.45, 2.75) is 38.5 Å². The second kappa shape index (κ2) is 3.64. The average molecular weight is 248 g/mol. The summed E-state index contributed by atoms with van der Waals surface area (Å²) in [6.45, 7) is 4.29. The Hall–Kier alpha value is -1.71. The molecule has 0 atom stereocenters. The summed E-state index contributed by atoms with van der Waals surface area (Å²) in [5, 5.41) is 9.09. The number of aliphatic carboxylic acids is 1. The number of hydrogen-bond donors (Lipinski definition) is 1. The van der Waals surface area contributed by atoms with E-state index in [9.17, 15) is 4.79 Å². The van der Waals surface area contributed by atoms with Gasteiger partial charge in [0.15, 0.2) is 11.5 Å². The molecule has 1 fully saturated rings. The molecule has 2 aliphatic rings. The normalized spacial score (nSPS) is 18.8. The fraction of sp³-hybridized carbons (Fsp3) is 0.500. The summed E-state index contributed by atoms with van der Waals surface area (Å²) in [5.41, 5.74) is 3.08. The van der Waals surface area contributed by atoms with Crippen LogP contribution in [-0.4, -0.2) is 17.9 Å². The van der Waals surface area contributed by atoms with E-state index in [0.717, 1.165) is 41.0 Å². The van der Waals surface area contributed by atoms with E-state index in [-0.39, 0.29) is 18.6 Å². The monoisotopic (exact) mass is 248 g/mol. The van der Waals surface area contributed by atoms with E-state index >= 15 is 0 Å². The topological polar surface area (TPSA) is 55.8 Å². The van der Waals surface area contributed by atoms with Crippen LogP contribution < -0.4 is 9.47 Å². The zero-order valence-electron chi connectivity index (χ0n) is 10.6. The maximum atomic E-state index is 11.1. The highest BCUT2D eigenvalue weighted by atomic mass is 16.7. The number of carbonyl (C=O) groups is 1. The van der Waals surface area contributed by atoms with Crippen LogP contribution in [0.3, 0.4) is 0 Å². The molecule has 0 radical (unpaired) electrons. The molecule has 3 rings (SSSR count). The van der Waals surface area contributed by atoms with Crippen molar-refractivity contribution in [1.82, 2.24) is 0 Å². The van der Waals surface area contributed by atoms with Gasteiger partial charge in [-0.15, -0.1) is 0 Å². The number of aryl methyl sites for hydroxylation is 1. The third kappa shape index (κ3) is 1.55. The first-order valence-corrected chi connectivity index (χ1v) is 6.15. The molecule has 1 N–H and O–H groups in total. The van der Waals surface area contributed by atoms with Gasteiger partial charge in [0.25, 0.3) is 0 Å². The van der Waals surface area contributed by atoms with Gasteiger partial charge in [-0.25, -0.2) is 0 Å². The third-order valence-corrected chi connectivity index (χ3v) is 4.06. The van der Waals surface area contributed by atoms with Gasteiger partial charge in [0.1, 0.15) is 0 Å². The Labute approximate surface area is 106 Å². The lowest BCUT2D eigenvalue weighted by molar-refractivity contribution is -0.137. The number of carboxylic acid groups (broad SMARTS) is 1. The van der Waals surface area contributed by atoms with Gasteiger partial charge in [-0.3, -0.25) is 4.79 Å². The molecule has 0 unspecified atom stereocenters. The SMILES string of the molecule is Cc1cc2c(c(C3(CC(=O)O)CC3)c1C)OCO2. The highest BCUT2D eigenvalue weighted by Gasteiger charge is 2.50. The van der Waals surface area contributed by atoms with E-state index in [1.54, 1.807) is 0 Å². The Morgan fingerprint density at radius 1 is 1.39 bits per heavy atom. The molecular weight excluding hydrogens is 232 g/mol. The minimum atomic E-state index is -0.749. The van der Waals surface area contributed by atoms with E-state index < -0.39 is 5.97 Å². The molecule has 1 aromatic carbocycles. The largest absolute Gasteiger partial charge is 0.481 e. The van der Waals surface area contributed by atoms with Crippen molar-refractivity contribution in [1.29, 1.82) is 0 Å². The third-order valence-electron chi connectivity index (χ3n) is 4.06. The molecule has 0 saturated heterocycles. The van der Waals surface area contributed by atoms with Crippen LogP contribution in [-0.2, 0) is 10.2 Å². The van der Waals surface area contributed by atoms with Gasteiger partial charge in [-0.05, 0) is 43.9 Å². The second-order valence-electron chi connectivity index (χ2n) is 5.28. The summed E-state index contributed by atoms with van der Waals surface area (Å²) in [6, 6.07) is 1.97. The minimum absolute atomic E-state index is 0.174. The fourth-order valence-corrected chi connectivity index (χ4v) is 2.86. The summed E-state index contributed by atoms with van der Waals surface area (Å²) in [5.74, 6) is 0.766. The van der Waals surface area contributed by atoms with Gasteiger partial charge in [0, 0.05) is 11.0 Å². The lowest BCUT2D eigenvalue weighted by atomic mass is 9.86. The van der Waals surface area contributed by atoms with Crippen molar-refractivity contribution in [2.24, 2.45) is 0 Å². The van der Waals surface area contributed by atoms with Crippen molar-refractivity contribution < 1.29 is 19.4 Å². The first kappa shape index (κ1) is 11.4. The van der Waals surface area contributed by atoms with Gasteiger partial charge in [0.05, 0.1) is 6.42 Å². The Morgan fingerprint density at radius 3 is 2.72 bits per heavy atom. The average Bonchev–Trinajstić information content (AvgIpc) is 2.88. The van der Waals surface area contributed by atoms with Crippen LogP contribution in [0.1, 0.15) is 36.0 Å². The van der Waals surface area contributed by atoms with Crippen LogP contribution in [0.25, 0.3) is 0 Å². The molecular formula is C14H16O4. The van der Waals surface area contributed by atoms with Gasteiger partial charge in [0.2, 0.25) is 6.79 Å². The van der Waals surface area contributed by atoms with Gasteiger partial charge in [-0.1, -0.05) is 0 Å². The molecule has 1 saturated carbocycles. The Morgan fingerprint density at radius 2 is 2.11 bits per heavy atom. The van der Waals surface area contributed by atoms with Crippen LogP contribution >= 0.6 is 0 Å². The van der Waals surface area contributed by atoms with Gasteiger partial charge < -0.3 is 14.6 Å². The van der Waals surface area contributed by atoms with Crippen LogP contribution in [0.4, 0.5) is 0 Å². The molecule has 0 aromatic heterocycles. The van der Waals surface area contributed by atoms with E-state index in [0.29, 0.717) is 0 Å². The Bertz CT molecular complexity index is 529. The number of fused-ring (bicyclic) bond motifs is 1. The quantitative estimate of drug-likeness (QED) is 0.893. The molecule has 1 aliphatic heterocycles. The van der Waals surface area contributed by atoms with E-state index in [4.69, 9.17) is 14.6 Å². The molecule has 0 spiro atoms. The predicted molar refractivity (Wildman–Crippen MR) is 65.2 cm³/mol. The molecule has 0 amide bonds. The van der Waals surface area contributed by atoms with Gasteiger partial charge >= 0.3 is 5.97 Å². The second-order valence-corrected chi connectivity index (χ2v) is 5.28. The summed E-state index contributed by atoms with van der Waals surface area (Å²) in [6.07, 6.45) is 2.01. The number of benzene rings is 1. The first-order chi connectivity index (χ1) is 8.53. The van der Waals surface area contributed by atoms with E-state index in [1.807, 2.05) is 19.9 Å².